The van der Waals surface area contributed by atoms with Crippen LogP contribution in [0.2, 0.25) is 0 Å². The van der Waals surface area contributed by atoms with Gasteiger partial charge in [0.25, 0.3) is 5.91 Å². The smallest absolute Gasteiger partial charge is 0.258 e. The lowest BCUT2D eigenvalue weighted by Gasteiger charge is -2.20. The molecule has 1 amide bonds. The van der Waals surface area contributed by atoms with Gasteiger partial charge in [0.15, 0.2) is 5.96 Å². The summed E-state index contributed by atoms with van der Waals surface area (Å²) in [7, 11) is 1.56. The van der Waals surface area contributed by atoms with Gasteiger partial charge in [-0.1, -0.05) is 39.0 Å². The quantitative estimate of drug-likeness (QED) is 0.435. The molecule has 166 valence electrons. The fraction of sp³-hybridized carbons (Fsp3) is 0.391. The number of methoxy groups -OCH3 is 1. The van der Waals surface area contributed by atoms with E-state index >= 15 is 0 Å². The van der Waals surface area contributed by atoms with E-state index in [1.165, 1.54) is 12.1 Å². The first-order chi connectivity index (χ1) is 14.7. The Labute approximate surface area is 182 Å². The third kappa shape index (κ3) is 6.77. The summed E-state index contributed by atoms with van der Waals surface area (Å²) in [5.74, 6) is 0.459. The van der Waals surface area contributed by atoms with Crippen molar-refractivity contribution in [3.8, 4) is 5.75 Å². The van der Waals surface area contributed by atoms with Crippen molar-refractivity contribution >= 4 is 11.9 Å². The van der Waals surface area contributed by atoms with Crippen molar-refractivity contribution in [3.63, 3.8) is 0 Å². The van der Waals surface area contributed by atoms with Gasteiger partial charge in [-0.15, -0.1) is 0 Å². The summed E-state index contributed by atoms with van der Waals surface area (Å²) in [6, 6.07) is 13.4. The van der Waals surface area contributed by atoms with Gasteiger partial charge in [-0.3, -0.25) is 15.1 Å². The highest BCUT2D eigenvalue weighted by molar-refractivity contribution is 6.05. The maximum atomic E-state index is 13.2. The van der Waals surface area contributed by atoms with E-state index in [0.29, 0.717) is 30.2 Å². The second kappa shape index (κ2) is 9.89. The number of halogens is 1. The first-order valence-electron chi connectivity index (χ1n) is 10.3. The van der Waals surface area contributed by atoms with Gasteiger partial charge in [0, 0.05) is 24.6 Å². The van der Waals surface area contributed by atoms with E-state index in [4.69, 9.17) is 4.74 Å². The van der Waals surface area contributed by atoms with E-state index < -0.39 is 0 Å². The number of aliphatic imine (C=N–C) groups is 1. The number of ether oxygens (including phenoxy) is 1. The van der Waals surface area contributed by atoms with Crippen molar-refractivity contribution in [1.29, 1.82) is 0 Å². The van der Waals surface area contributed by atoms with Crippen molar-refractivity contribution < 1.29 is 13.9 Å². The third-order valence-electron chi connectivity index (χ3n) is 4.76. The van der Waals surface area contributed by atoms with Crippen LogP contribution in [0.1, 0.15) is 49.2 Å². The normalized spacial score (nSPS) is 19.2. The van der Waals surface area contributed by atoms with Gasteiger partial charge in [0.1, 0.15) is 11.6 Å². The molecule has 2 aromatic carbocycles. The van der Waals surface area contributed by atoms with Crippen molar-refractivity contribution in [2.45, 2.75) is 39.4 Å². The SMILES string of the molecule is COc1cccc(C(=O)NC(=NCC(C)(C)C)NC2CC(c3ccc(F)cc3)NN2)c1. The van der Waals surface area contributed by atoms with Crippen LogP contribution in [0.3, 0.4) is 0 Å². The lowest BCUT2D eigenvalue weighted by atomic mass is 9.97. The molecule has 0 bridgehead atoms. The molecule has 7 nitrogen and oxygen atoms in total. The Balaban J connectivity index is 1.69. The fourth-order valence-electron chi connectivity index (χ4n) is 3.11. The maximum absolute atomic E-state index is 13.2. The molecule has 1 aliphatic rings. The van der Waals surface area contributed by atoms with E-state index in [0.717, 1.165) is 5.56 Å². The van der Waals surface area contributed by atoms with Gasteiger partial charge in [-0.05, 0) is 41.3 Å². The highest BCUT2D eigenvalue weighted by Crippen LogP contribution is 2.21. The average Bonchev–Trinajstić information content (AvgIpc) is 3.20. The summed E-state index contributed by atoms with van der Waals surface area (Å²) in [5.41, 5.74) is 7.79. The van der Waals surface area contributed by atoms with Crippen LogP contribution < -0.4 is 26.2 Å². The van der Waals surface area contributed by atoms with Gasteiger partial charge < -0.3 is 10.1 Å². The largest absolute Gasteiger partial charge is 0.497 e. The zero-order valence-corrected chi connectivity index (χ0v) is 18.3. The molecule has 0 aromatic heterocycles. The van der Waals surface area contributed by atoms with Gasteiger partial charge >= 0.3 is 0 Å². The number of hydrogen-bond donors (Lipinski definition) is 4. The number of nitrogens with zero attached hydrogens (tertiary/aromatic N) is 1. The molecule has 31 heavy (non-hydrogen) atoms. The fourth-order valence-corrected chi connectivity index (χ4v) is 3.11. The zero-order chi connectivity index (χ0) is 22.4. The molecule has 0 spiro atoms. The molecule has 4 N–H and O–H groups in total. The Morgan fingerprint density at radius 3 is 2.61 bits per heavy atom. The summed E-state index contributed by atoms with van der Waals surface area (Å²) in [6.07, 6.45) is 0.522. The van der Waals surface area contributed by atoms with E-state index in [-0.39, 0.29) is 29.3 Å². The molecule has 0 aliphatic carbocycles. The molecule has 1 fully saturated rings. The Morgan fingerprint density at radius 1 is 1.19 bits per heavy atom. The van der Waals surface area contributed by atoms with Crippen molar-refractivity contribution in [3.05, 3.63) is 65.5 Å². The van der Waals surface area contributed by atoms with Gasteiger partial charge in [-0.2, -0.15) is 0 Å². The van der Waals surface area contributed by atoms with Gasteiger partial charge in [-0.25, -0.2) is 15.2 Å². The van der Waals surface area contributed by atoms with Crippen molar-refractivity contribution in [2.75, 3.05) is 13.7 Å². The second-order valence-corrected chi connectivity index (χ2v) is 8.74. The molecule has 1 aliphatic heterocycles. The number of guanidine groups is 1. The predicted octanol–water partition coefficient (Wildman–Crippen LogP) is 3.12. The minimum atomic E-state index is -0.278. The number of hydrogen-bond acceptors (Lipinski definition) is 5. The minimum Gasteiger partial charge on any atom is -0.497 e. The Bertz CT molecular complexity index is 924. The van der Waals surface area contributed by atoms with Crippen LogP contribution in [-0.2, 0) is 0 Å². The molecule has 2 atom stereocenters. The lowest BCUT2D eigenvalue weighted by Crippen LogP contribution is -2.50. The summed E-state index contributed by atoms with van der Waals surface area (Å²) in [5, 5.41) is 6.14. The first kappa shape index (κ1) is 22.7. The summed E-state index contributed by atoms with van der Waals surface area (Å²) in [6.45, 7) is 6.78. The summed E-state index contributed by atoms with van der Waals surface area (Å²) < 4.78 is 18.4. The number of rotatable bonds is 5. The van der Waals surface area contributed by atoms with Crippen LogP contribution in [0.5, 0.6) is 5.75 Å². The lowest BCUT2D eigenvalue weighted by molar-refractivity contribution is 0.0975. The van der Waals surface area contributed by atoms with Gasteiger partial charge in [0.05, 0.1) is 13.3 Å². The van der Waals surface area contributed by atoms with E-state index in [9.17, 15) is 9.18 Å². The van der Waals surface area contributed by atoms with Crippen molar-refractivity contribution in [1.82, 2.24) is 21.5 Å². The minimum absolute atomic E-state index is 0.0102. The second-order valence-electron chi connectivity index (χ2n) is 8.74. The highest BCUT2D eigenvalue weighted by Gasteiger charge is 2.26. The van der Waals surface area contributed by atoms with Gasteiger partial charge in [0.2, 0.25) is 0 Å². The van der Waals surface area contributed by atoms with Crippen LogP contribution in [0, 0.1) is 11.2 Å². The Morgan fingerprint density at radius 2 is 1.94 bits per heavy atom. The standard InChI is InChI=1S/C23H30FN5O2/c1-23(2,3)14-25-22(27-21(30)16-6-5-7-18(12-16)31-4)26-20-13-19(28-29-20)15-8-10-17(24)11-9-15/h5-12,19-20,28-29H,13-14H2,1-4H3,(H2,25,26,27,30). The van der Waals surface area contributed by atoms with E-state index in [2.05, 4.69) is 47.2 Å². The van der Waals surface area contributed by atoms with E-state index in [1.54, 1.807) is 43.5 Å². The van der Waals surface area contributed by atoms with Crippen LogP contribution in [-0.4, -0.2) is 31.7 Å². The first-order valence-corrected chi connectivity index (χ1v) is 10.3. The average molecular weight is 428 g/mol. The number of carbonyl (C=O) groups excluding carboxylic acids is 1. The Hall–Kier alpha value is -2.97. The molecule has 8 heteroatoms. The molecule has 3 rings (SSSR count). The number of benzene rings is 2. The molecule has 2 unspecified atom stereocenters. The highest BCUT2D eigenvalue weighted by atomic mass is 19.1. The molecular formula is C23H30FN5O2. The van der Waals surface area contributed by atoms with Crippen LogP contribution in [0.15, 0.2) is 53.5 Å². The Kier molecular flexibility index (Phi) is 7.25. The number of amides is 1. The third-order valence-corrected chi connectivity index (χ3v) is 4.76. The molecular weight excluding hydrogens is 397 g/mol. The van der Waals surface area contributed by atoms with Crippen LogP contribution in [0.25, 0.3) is 0 Å². The van der Waals surface area contributed by atoms with E-state index in [1.807, 2.05) is 0 Å². The molecule has 0 saturated carbocycles. The van der Waals surface area contributed by atoms with Crippen molar-refractivity contribution in [2.24, 2.45) is 10.4 Å². The van der Waals surface area contributed by atoms with Crippen LogP contribution in [0.4, 0.5) is 4.39 Å². The van der Waals surface area contributed by atoms with Crippen LogP contribution >= 0.6 is 0 Å². The summed E-state index contributed by atoms with van der Waals surface area (Å²) in [4.78, 5) is 17.4. The number of nitrogens with one attached hydrogen (secondary N) is 4. The molecule has 1 saturated heterocycles. The molecule has 0 radical (unpaired) electrons. The zero-order valence-electron chi connectivity index (χ0n) is 18.3. The maximum Gasteiger partial charge on any atom is 0.258 e. The monoisotopic (exact) mass is 427 g/mol. The number of hydrazine groups is 1. The molecule has 1 heterocycles. The summed E-state index contributed by atoms with van der Waals surface area (Å²) >= 11 is 0. The predicted molar refractivity (Wildman–Crippen MR) is 119 cm³/mol. The topological polar surface area (TPSA) is 86.8 Å². The number of carbonyl (C=O) groups is 1. The molecule has 2 aromatic rings.